The van der Waals surface area contributed by atoms with Gasteiger partial charge in [-0.1, -0.05) is 0 Å². The van der Waals surface area contributed by atoms with Gasteiger partial charge in [0.15, 0.2) is 0 Å². The summed E-state index contributed by atoms with van der Waals surface area (Å²) in [5.74, 6) is 0. The molecule has 0 aliphatic carbocycles. The van der Waals surface area contributed by atoms with E-state index in [1.807, 2.05) is 0 Å². The van der Waals surface area contributed by atoms with Gasteiger partial charge in [-0.2, -0.15) is 0 Å². The molecule has 0 bridgehead atoms. The van der Waals surface area contributed by atoms with E-state index in [2.05, 4.69) is 35.4 Å². The van der Waals surface area contributed by atoms with Crippen LogP contribution < -0.4 is 0 Å². The molecule has 1 radical (unpaired) electrons. The number of rotatable bonds is 0. The van der Waals surface area contributed by atoms with Crippen LogP contribution in [0.3, 0.4) is 0 Å². The molecule has 1 nitrogen and oxygen atoms in total. The Morgan fingerprint density at radius 1 is 1.25 bits per heavy atom. The summed E-state index contributed by atoms with van der Waals surface area (Å²) in [6, 6.07) is 0. The van der Waals surface area contributed by atoms with Crippen molar-refractivity contribution in [2.24, 2.45) is 0 Å². The van der Waals surface area contributed by atoms with E-state index in [9.17, 15) is 0 Å². The first-order valence-electron chi connectivity index (χ1n) is 0.309. The van der Waals surface area contributed by atoms with Crippen LogP contribution in [0, 0.1) is 0 Å². The zero-order valence-corrected chi connectivity index (χ0v) is 5.89. The first-order valence-corrected chi connectivity index (χ1v) is 1.60. The molecule has 0 aliphatic heterocycles. The molecule has 0 N–H and O–H groups in total. The third kappa shape index (κ3) is 9.88. The average Bonchev–Trinajstić information content (AvgIpc) is 0.918. The van der Waals surface area contributed by atoms with E-state index in [1.165, 1.54) is 0 Å². The number of hydrogen-bond donors (Lipinski definition) is 0. The maximum atomic E-state index is 3.88. The van der Waals surface area contributed by atoms with Crippen LogP contribution in [0.25, 0.3) is 0 Å². The molecule has 0 rings (SSSR count). The van der Waals surface area contributed by atoms with Gasteiger partial charge in [-0.05, 0) is 0 Å². The van der Waals surface area contributed by atoms with E-state index in [0.29, 0.717) is 0 Å². The van der Waals surface area contributed by atoms with E-state index in [1.54, 1.807) is 0 Å². The van der Waals surface area contributed by atoms with E-state index in [-0.39, 0.29) is 17.1 Å². The SMILES string of the molecule is BrOBr.[Mn]. The molecule has 4 heavy (non-hydrogen) atoms. The van der Waals surface area contributed by atoms with Gasteiger partial charge in [0.25, 0.3) is 0 Å². The summed E-state index contributed by atoms with van der Waals surface area (Å²) in [5, 5.41) is 0. The fourth-order valence-corrected chi connectivity index (χ4v) is 0. The third-order valence-corrected chi connectivity index (χ3v) is 0. The Bertz CT molecular complexity index is 6.00. The van der Waals surface area contributed by atoms with Crippen molar-refractivity contribution in [3.63, 3.8) is 0 Å². The second kappa shape index (κ2) is 8.83. The normalized spacial score (nSPS) is 4.50. The van der Waals surface area contributed by atoms with E-state index in [0.717, 1.165) is 0 Å². The van der Waals surface area contributed by atoms with Crippen LogP contribution in [0.15, 0.2) is 0 Å². The van der Waals surface area contributed by atoms with Gasteiger partial charge in [-0.15, -0.1) is 0 Å². The Morgan fingerprint density at radius 2 is 1.25 bits per heavy atom. The first-order chi connectivity index (χ1) is 1.41. The molecule has 0 saturated carbocycles. The predicted octanol–water partition coefficient (Wildman–Crippen LogP) is 1.62. The molecule has 4 heteroatoms. The maximum absolute atomic E-state index is 3.88. The van der Waals surface area contributed by atoms with Crippen molar-refractivity contribution in [1.82, 2.24) is 0 Å². The molecule has 27 valence electrons. The van der Waals surface area contributed by atoms with Crippen LogP contribution in [0.5, 0.6) is 0 Å². The molecule has 0 unspecified atom stereocenters. The predicted molar refractivity (Wildman–Crippen MR) is 18.9 cm³/mol. The van der Waals surface area contributed by atoms with Gasteiger partial charge in [0, 0.05) is 17.1 Å². The second-order valence-corrected chi connectivity index (χ2v) is 1.57. The summed E-state index contributed by atoms with van der Waals surface area (Å²) in [6.45, 7) is 0. The van der Waals surface area contributed by atoms with Crippen molar-refractivity contribution in [3.8, 4) is 0 Å². The third-order valence-electron chi connectivity index (χ3n) is 0. The van der Waals surface area contributed by atoms with E-state index >= 15 is 0 Å². The summed E-state index contributed by atoms with van der Waals surface area (Å²) < 4.78 is 3.88. The summed E-state index contributed by atoms with van der Waals surface area (Å²) in [6.07, 6.45) is 0. The molecule has 0 aromatic heterocycles. The van der Waals surface area contributed by atoms with Crippen LogP contribution in [-0.4, -0.2) is 0 Å². The van der Waals surface area contributed by atoms with Crippen molar-refractivity contribution in [2.75, 3.05) is 0 Å². The van der Waals surface area contributed by atoms with Crippen molar-refractivity contribution in [2.45, 2.75) is 0 Å². The van der Waals surface area contributed by atoms with Gasteiger partial charge in [0.2, 0.25) is 0 Å². The van der Waals surface area contributed by atoms with Crippen LogP contribution in [0.2, 0.25) is 0 Å². The van der Waals surface area contributed by atoms with Crippen molar-refractivity contribution >= 4 is 32.5 Å². The van der Waals surface area contributed by atoms with Crippen LogP contribution >= 0.6 is 32.5 Å². The van der Waals surface area contributed by atoms with Crippen molar-refractivity contribution < 1.29 is 20.0 Å². The molecule has 0 saturated heterocycles. The minimum Gasteiger partial charge on any atom is -0.230 e. The fourth-order valence-electron chi connectivity index (χ4n) is 0. The number of halogens is 2. The van der Waals surface area contributed by atoms with E-state index in [4.69, 9.17) is 0 Å². The summed E-state index contributed by atoms with van der Waals surface area (Å²) in [7, 11) is 0. The minimum absolute atomic E-state index is 0. The van der Waals surface area contributed by atoms with Crippen LogP contribution in [0.4, 0.5) is 0 Å². The molecule has 0 aromatic carbocycles. The monoisotopic (exact) mass is 229 g/mol. The molecular formula is Br2MnO. The molecule has 0 spiro atoms. The fraction of sp³-hybridized carbons (Fsp3) is 0. The molecule has 0 atom stereocenters. The average molecular weight is 231 g/mol. The molecule has 0 heterocycles. The topological polar surface area (TPSA) is 9.23 Å². The summed E-state index contributed by atoms with van der Waals surface area (Å²) in [5.41, 5.74) is 0. The largest absolute Gasteiger partial charge is 0.230 e. The Hall–Kier alpha value is 1.44. The van der Waals surface area contributed by atoms with Gasteiger partial charge in [-0.3, -0.25) is 0 Å². The maximum Gasteiger partial charge on any atom is 0.115 e. The zero-order chi connectivity index (χ0) is 2.71. The Kier molecular flexibility index (Phi) is 20.0. The van der Waals surface area contributed by atoms with E-state index < -0.39 is 0 Å². The Labute approximate surface area is 52.5 Å². The molecule has 0 aliphatic rings. The standard InChI is InChI=1S/Br2O.Mn/c1-3-2;. The summed E-state index contributed by atoms with van der Waals surface area (Å²) in [4.78, 5) is 0. The van der Waals surface area contributed by atoms with Crippen molar-refractivity contribution in [1.29, 1.82) is 0 Å². The molecule has 0 aromatic rings. The molecular weight excluding hydrogens is 231 g/mol. The number of hydrogen-bond acceptors (Lipinski definition) is 1. The quantitative estimate of drug-likeness (QED) is 0.575. The zero-order valence-electron chi connectivity index (χ0n) is 1.54. The summed E-state index contributed by atoms with van der Waals surface area (Å²) >= 11 is 5.12. The van der Waals surface area contributed by atoms with Crippen LogP contribution in [0.1, 0.15) is 0 Å². The van der Waals surface area contributed by atoms with Gasteiger partial charge in [0.1, 0.15) is 32.5 Å². The molecule has 0 amide bonds. The van der Waals surface area contributed by atoms with Gasteiger partial charge in [0.05, 0.1) is 0 Å². The Balaban J connectivity index is 0. The minimum atomic E-state index is 0. The van der Waals surface area contributed by atoms with Gasteiger partial charge >= 0.3 is 0 Å². The van der Waals surface area contributed by atoms with Crippen molar-refractivity contribution in [3.05, 3.63) is 0 Å². The first kappa shape index (κ1) is 9.06. The van der Waals surface area contributed by atoms with Gasteiger partial charge < -0.3 is 0 Å². The Morgan fingerprint density at radius 3 is 1.25 bits per heavy atom. The van der Waals surface area contributed by atoms with Crippen LogP contribution in [-0.2, 0) is 20.0 Å². The smallest absolute Gasteiger partial charge is 0.115 e. The van der Waals surface area contributed by atoms with Gasteiger partial charge in [-0.25, -0.2) is 2.92 Å². The second-order valence-electron chi connectivity index (χ2n) is 0.0583. The molecule has 0 fully saturated rings.